The van der Waals surface area contributed by atoms with Crippen LogP contribution in [0.25, 0.3) is 93.9 Å². The Morgan fingerprint density at radius 1 is 0.259 bits per heavy atom. The number of hydrogen-bond donors (Lipinski definition) is 0. The summed E-state index contributed by atoms with van der Waals surface area (Å²) < 4.78 is 4.04. The van der Waals surface area contributed by atoms with Crippen LogP contribution in [0.15, 0.2) is 200 Å². The fraction of sp³-hybridized carbons (Fsp3) is 0. The molecule has 0 spiro atoms. The molecule has 0 amide bonds. The number of hydrogen-bond acceptors (Lipinski definition) is 4. The highest BCUT2D eigenvalue weighted by atomic mass is 32.1. The molecule has 0 aliphatic carbocycles. The van der Waals surface area contributed by atoms with E-state index in [1.54, 1.807) is 0 Å². The summed E-state index contributed by atoms with van der Waals surface area (Å²) in [5.41, 5.74) is 7.06. The van der Waals surface area contributed by atoms with Crippen LogP contribution in [0, 0.1) is 0 Å². The highest BCUT2D eigenvalue weighted by Crippen LogP contribution is 2.44. The van der Waals surface area contributed by atoms with Crippen molar-refractivity contribution in [2.24, 2.45) is 0 Å². The molecule has 0 N–H and O–H groups in total. The summed E-state index contributed by atoms with van der Waals surface area (Å²) in [5.74, 6) is 0. The zero-order chi connectivity index (χ0) is 38.2. The van der Waals surface area contributed by atoms with E-state index in [1.807, 2.05) is 34.0 Å². The van der Waals surface area contributed by atoms with Crippen molar-refractivity contribution in [1.82, 2.24) is 0 Å². The van der Waals surface area contributed by atoms with Gasteiger partial charge in [-0.25, -0.2) is 0 Å². The Morgan fingerprint density at radius 3 is 0.845 bits per heavy atom. The van der Waals surface area contributed by atoms with Crippen LogP contribution in [-0.2, 0) is 0 Å². The average Bonchev–Trinajstić information content (AvgIpc) is 4.05. The van der Waals surface area contributed by atoms with Gasteiger partial charge < -0.3 is 4.90 Å². The molecule has 9 aromatic carbocycles. The molecule has 0 atom stereocenters. The Hall–Kier alpha value is -6.56. The van der Waals surface area contributed by atoms with Crippen molar-refractivity contribution >= 4 is 114 Å². The number of nitrogens with zero attached hydrogens (tertiary/aromatic N) is 1. The summed E-state index contributed by atoms with van der Waals surface area (Å²) in [6.45, 7) is 0. The first-order valence-corrected chi connectivity index (χ1v) is 22.0. The predicted octanol–water partition coefficient (Wildman–Crippen LogP) is 17.3. The molecule has 0 saturated heterocycles. The van der Waals surface area contributed by atoms with E-state index in [0.29, 0.717) is 0 Å². The van der Waals surface area contributed by atoms with Gasteiger partial charge in [0.15, 0.2) is 0 Å². The zero-order valence-corrected chi connectivity index (χ0v) is 33.7. The zero-order valence-electron chi connectivity index (χ0n) is 31.2. The van der Waals surface area contributed by atoms with Crippen LogP contribution in [0.4, 0.5) is 17.1 Å². The third kappa shape index (κ3) is 5.64. The number of fused-ring (bicyclic) bond motifs is 9. The van der Waals surface area contributed by atoms with E-state index >= 15 is 0 Å². The Balaban J connectivity index is 0.925. The maximum atomic E-state index is 2.38. The first kappa shape index (κ1) is 33.6. The Morgan fingerprint density at radius 2 is 0.534 bits per heavy atom. The second-order valence-electron chi connectivity index (χ2n) is 14.9. The summed E-state index contributed by atoms with van der Waals surface area (Å²) >= 11 is 5.63. The summed E-state index contributed by atoms with van der Waals surface area (Å²) in [6.07, 6.45) is 0. The maximum absolute atomic E-state index is 2.38. The molecule has 3 aromatic heterocycles. The van der Waals surface area contributed by atoms with Crippen LogP contribution >= 0.6 is 34.0 Å². The van der Waals surface area contributed by atoms with Crippen molar-refractivity contribution in [1.29, 1.82) is 0 Å². The Bertz CT molecular complexity index is 3120. The summed E-state index contributed by atoms with van der Waals surface area (Å²) in [5, 5.41) is 11.7. The lowest BCUT2D eigenvalue weighted by Crippen LogP contribution is -2.09. The van der Waals surface area contributed by atoms with Gasteiger partial charge >= 0.3 is 0 Å². The minimum atomic E-state index is 1.12. The number of rotatable bonds is 6. The molecule has 0 unspecified atom stereocenters. The van der Waals surface area contributed by atoms with Crippen molar-refractivity contribution < 1.29 is 0 Å². The lowest BCUT2D eigenvalue weighted by atomic mass is 10.1. The third-order valence-electron chi connectivity index (χ3n) is 11.5. The quantitative estimate of drug-likeness (QED) is 0.162. The summed E-state index contributed by atoms with van der Waals surface area (Å²) in [4.78, 5) is 6.23. The van der Waals surface area contributed by atoms with Gasteiger partial charge in [0, 0.05) is 45.8 Å². The molecule has 1 nitrogen and oxygen atoms in total. The van der Waals surface area contributed by atoms with Crippen molar-refractivity contribution in [3.8, 4) is 31.3 Å². The van der Waals surface area contributed by atoms with Crippen molar-refractivity contribution in [3.63, 3.8) is 0 Å². The molecule has 0 saturated carbocycles. The molecule has 12 rings (SSSR count). The van der Waals surface area contributed by atoms with Gasteiger partial charge in [-0.15, -0.1) is 34.0 Å². The van der Waals surface area contributed by atoms with Gasteiger partial charge in [0.05, 0.1) is 0 Å². The molecular formula is C54H33NS3. The number of benzene rings is 9. The van der Waals surface area contributed by atoms with E-state index in [-0.39, 0.29) is 0 Å². The molecule has 0 bridgehead atoms. The van der Waals surface area contributed by atoms with Crippen molar-refractivity contribution in [2.75, 3.05) is 4.90 Å². The van der Waals surface area contributed by atoms with Gasteiger partial charge in [0.25, 0.3) is 0 Å². The highest BCUT2D eigenvalue weighted by Gasteiger charge is 2.16. The van der Waals surface area contributed by atoms with Gasteiger partial charge in [-0.1, -0.05) is 146 Å². The van der Waals surface area contributed by atoms with Gasteiger partial charge in [-0.3, -0.25) is 0 Å². The second-order valence-corrected chi connectivity index (χ2v) is 18.1. The maximum Gasteiger partial charge on any atom is 0.0462 e. The standard InChI is InChI=1S/C54H33NS3/c1-4-10-46-34(7-1)13-16-40-31-49(56-52(40)46)37-19-25-43(26-20-37)55(44-27-21-38(22-28-44)50-32-41-17-14-35-8-2-5-11-47(35)53(41)57-50)45-29-23-39(24-30-45)51-33-42-18-15-36-9-3-6-12-48(36)54(42)58-51/h1-33H. The summed E-state index contributed by atoms with van der Waals surface area (Å²) in [6, 6.07) is 73.8. The monoisotopic (exact) mass is 791 g/mol. The van der Waals surface area contributed by atoms with Crippen molar-refractivity contribution in [3.05, 3.63) is 200 Å². The van der Waals surface area contributed by atoms with Gasteiger partial charge in [0.2, 0.25) is 0 Å². The molecular weight excluding hydrogens is 759 g/mol. The van der Waals surface area contributed by atoms with Crippen LogP contribution in [0.1, 0.15) is 0 Å². The second kappa shape index (κ2) is 13.5. The normalized spacial score (nSPS) is 11.8. The van der Waals surface area contributed by atoms with Gasteiger partial charge in [-0.05, 0) is 120 Å². The van der Waals surface area contributed by atoms with E-state index in [1.165, 1.54) is 93.9 Å². The molecule has 0 aliphatic heterocycles. The molecule has 4 heteroatoms. The topological polar surface area (TPSA) is 3.24 Å². The van der Waals surface area contributed by atoms with Gasteiger partial charge in [-0.2, -0.15) is 0 Å². The smallest absolute Gasteiger partial charge is 0.0462 e. The predicted molar refractivity (Wildman–Crippen MR) is 256 cm³/mol. The van der Waals surface area contributed by atoms with E-state index in [4.69, 9.17) is 0 Å². The first-order valence-electron chi connectivity index (χ1n) is 19.6. The Labute approximate surface area is 347 Å². The van der Waals surface area contributed by atoms with Crippen LogP contribution in [0.2, 0.25) is 0 Å². The first-order chi connectivity index (χ1) is 28.7. The van der Waals surface area contributed by atoms with E-state index in [9.17, 15) is 0 Å². The SMILES string of the molecule is c1ccc2c(c1)ccc1cc(-c3ccc(N(c4ccc(-c5cc6ccc7ccccc7c6s5)cc4)c4ccc(-c5cc6ccc7ccccc7c6s5)cc4)cc3)sc12. The molecule has 58 heavy (non-hydrogen) atoms. The largest absolute Gasteiger partial charge is 0.311 e. The molecule has 3 heterocycles. The molecule has 0 fully saturated rings. The lowest BCUT2D eigenvalue weighted by molar-refractivity contribution is 1.28. The molecule has 272 valence electrons. The van der Waals surface area contributed by atoms with Crippen molar-refractivity contribution in [2.45, 2.75) is 0 Å². The van der Waals surface area contributed by atoms with Crippen LogP contribution in [0.3, 0.4) is 0 Å². The fourth-order valence-corrected chi connectivity index (χ4v) is 12.1. The lowest BCUT2D eigenvalue weighted by Gasteiger charge is -2.26. The number of thiophene rings is 3. The summed E-state index contributed by atoms with van der Waals surface area (Å²) in [7, 11) is 0. The minimum absolute atomic E-state index is 1.12. The molecule has 12 aromatic rings. The third-order valence-corrected chi connectivity index (χ3v) is 15.2. The van der Waals surface area contributed by atoms with E-state index < -0.39 is 0 Å². The van der Waals surface area contributed by atoms with Crippen LogP contribution < -0.4 is 4.90 Å². The van der Waals surface area contributed by atoms with Crippen LogP contribution in [0.5, 0.6) is 0 Å². The minimum Gasteiger partial charge on any atom is -0.311 e. The van der Waals surface area contributed by atoms with E-state index in [0.717, 1.165) is 17.1 Å². The Kier molecular flexibility index (Phi) is 7.83. The van der Waals surface area contributed by atoms with E-state index in [2.05, 4.69) is 205 Å². The highest BCUT2D eigenvalue weighted by molar-refractivity contribution is 7.24. The van der Waals surface area contributed by atoms with Crippen LogP contribution in [-0.4, -0.2) is 0 Å². The average molecular weight is 792 g/mol. The number of anilines is 3. The van der Waals surface area contributed by atoms with Gasteiger partial charge in [0.1, 0.15) is 0 Å². The fourth-order valence-electron chi connectivity index (χ4n) is 8.50. The molecule has 0 aliphatic rings. The molecule has 0 radical (unpaired) electrons.